The Kier molecular flexibility index (Phi) is 5.86. The summed E-state index contributed by atoms with van der Waals surface area (Å²) < 4.78 is 0. The van der Waals surface area contributed by atoms with E-state index in [1.807, 2.05) is 29.2 Å². The Labute approximate surface area is 157 Å². The number of benzene rings is 2. The third-order valence-corrected chi connectivity index (χ3v) is 4.62. The van der Waals surface area contributed by atoms with E-state index in [4.69, 9.17) is 5.11 Å². The van der Waals surface area contributed by atoms with Gasteiger partial charge >= 0.3 is 5.97 Å². The minimum Gasteiger partial charge on any atom is -0.478 e. The summed E-state index contributed by atoms with van der Waals surface area (Å²) in [4.78, 5) is 36.4. The number of amides is 2. The highest BCUT2D eigenvalue weighted by Crippen LogP contribution is 2.14. The van der Waals surface area contributed by atoms with E-state index in [2.05, 4.69) is 5.32 Å². The lowest BCUT2D eigenvalue weighted by atomic mass is 10.1. The molecule has 3 rings (SSSR count). The molecule has 1 heterocycles. The number of nitrogens with one attached hydrogen (secondary N) is 1. The second kappa shape index (κ2) is 8.49. The van der Waals surface area contributed by atoms with E-state index in [0.29, 0.717) is 19.5 Å². The van der Waals surface area contributed by atoms with Crippen LogP contribution < -0.4 is 5.32 Å². The van der Waals surface area contributed by atoms with Gasteiger partial charge in [0.25, 0.3) is 0 Å². The van der Waals surface area contributed by atoms with Crippen molar-refractivity contribution in [3.8, 4) is 0 Å². The van der Waals surface area contributed by atoms with Crippen LogP contribution in [0.4, 0.5) is 0 Å². The van der Waals surface area contributed by atoms with Gasteiger partial charge in [-0.1, -0.05) is 36.4 Å². The number of likely N-dealkylation sites (tertiary alicyclic amines) is 1. The van der Waals surface area contributed by atoms with Crippen molar-refractivity contribution in [1.82, 2.24) is 10.2 Å². The van der Waals surface area contributed by atoms with Crippen LogP contribution in [0.1, 0.15) is 39.9 Å². The first-order valence-electron chi connectivity index (χ1n) is 8.96. The van der Waals surface area contributed by atoms with Gasteiger partial charge in [-0.3, -0.25) is 9.59 Å². The summed E-state index contributed by atoms with van der Waals surface area (Å²) in [5.74, 6) is -0.893. The third-order valence-electron chi connectivity index (χ3n) is 4.62. The minimum absolute atomic E-state index is 0.121. The first-order chi connectivity index (χ1) is 13.0. The number of hydrogen-bond acceptors (Lipinski definition) is 3. The number of carbonyl (C=O) groups excluding carboxylic acids is 2. The predicted molar refractivity (Wildman–Crippen MR) is 100 cm³/mol. The molecule has 0 spiro atoms. The van der Waals surface area contributed by atoms with Crippen LogP contribution in [0.5, 0.6) is 0 Å². The lowest BCUT2D eigenvalue weighted by Gasteiger charge is -2.15. The van der Waals surface area contributed by atoms with Crippen LogP contribution in [0.3, 0.4) is 0 Å². The molecule has 0 radical (unpaired) electrons. The van der Waals surface area contributed by atoms with Gasteiger partial charge in [-0.2, -0.15) is 0 Å². The fourth-order valence-corrected chi connectivity index (χ4v) is 3.07. The van der Waals surface area contributed by atoms with Crippen LogP contribution in [-0.4, -0.2) is 34.3 Å². The summed E-state index contributed by atoms with van der Waals surface area (Å²) in [6.45, 7) is 1.89. The summed E-state index contributed by atoms with van der Waals surface area (Å²) in [6, 6.07) is 14.2. The molecule has 1 fully saturated rings. The maximum absolute atomic E-state index is 12.1. The van der Waals surface area contributed by atoms with Gasteiger partial charge in [0.05, 0.1) is 12.0 Å². The monoisotopic (exact) mass is 366 g/mol. The van der Waals surface area contributed by atoms with Crippen molar-refractivity contribution in [3.63, 3.8) is 0 Å². The van der Waals surface area contributed by atoms with Crippen molar-refractivity contribution in [2.45, 2.75) is 32.4 Å². The summed E-state index contributed by atoms with van der Waals surface area (Å²) in [5, 5.41) is 11.7. The zero-order chi connectivity index (χ0) is 19.2. The smallest absolute Gasteiger partial charge is 0.335 e. The lowest BCUT2D eigenvalue weighted by Crippen LogP contribution is -2.25. The van der Waals surface area contributed by atoms with E-state index < -0.39 is 5.97 Å². The predicted octanol–water partition coefficient (Wildman–Crippen LogP) is 2.37. The van der Waals surface area contributed by atoms with Gasteiger partial charge in [-0.15, -0.1) is 0 Å². The lowest BCUT2D eigenvalue weighted by molar-refractivity contribution is -0.128. The molecule has 0 unspecified atom stereocenters. The van der Waals surface area contributed by atoms with E-state index in [9.17, 15) is 14.4 Å². The maximum Gasteiger partial charge on any atom is 0.335 e. The maximum atomic E-state index is 12.1. The first kappa shape index (κ1) is 18.6. The number of rotatable bonds is 7. The van der Waals surface area contributed by atoms with Crippen LogP contribution in [0.25, 0.3) is 0 Å². The third kappa shape index (κ3) is 5.17. The van der Waals surface area contributed by atoms with Gasteiger partial charge in [0.2, 0.25) is 11.8 Å². The van der Waals surface area contributed by atoms with Gasteiger partial charge in [-0.25, -0.2) is 4.79 Å². The Morgan fingerprint density at radius 2 is 1.59 bits per heavy atom. The molecule has 0 aromatic heterocycles. The zero-order valence-corrected chi connectivity index (χ0v) is 15.0. The van der Waals surface area contributed by atoms with Crippen LogP contribution in [0.2, 0.25) is 0 Å². The van der Waals surface area contributed by atoms with E-state index in [1.54, 1.807) is 12.1 Å². The standard InChI is InChI=1S/C21H22N2O4/c24-19(12-15-7-9-18(10-8-15)21(26)27)22-13-16-3-5-17(6-4-16)14-23-11-1-2-20(23)25/h3-10H,1-2,11-14H2,(H,22,24)(H,26,27). The van der Waals surface area contributed by atoms with Crippen molar-refractivity contribution < 1.29 is 19.5 Å². The average Bonchev–Trinajstić information content (AvgIpc) is 3.06. The molecule has 2 N–H and O–H groups in total. The van der Waals surface area contributed by atoms with Gasteiger partial charge in [0.15, 0.2) is 0 Å². The van der Waals surface area contributed by atoms with Crippen LogP contribution in [-0.2, 0) is 29.1 Å². The molecular weight excluding hydrogens is 344 g/mol. The summed E-state index contributed by atoms with van der Waals surface area (Å²) in [5.41, 5.74) is 3.04. The average molecular weight is 366 g/mol. The Morgan fingerprint density at radius 3 is 2.19 bits per heavy atom. The van der Waals surface area contributed by atoms with Crippen molar-refractivity contribution in [3.05, 3.63) is 70.8 Å². The van der Waals surface area contributed by atoms with Gasteiger partial charge in [0, 0.05) is 26.1 Å². The van der Waals surface area contributed by atoms with E-state index in [1.165, 1.54) is 12.1 Å². The number of carboxylic acid groups (broad SMARTS) is 1. The number of aromatic carboxylic acids is 1. The Balaban J connectivity index is 1.47. The summed E-state index contributed by atoms with van der Waals surface area (Å²) >= 11 is 0. The Bertz CT molecular complexity index is 828. The first-order valence-corrected chi connectivity index (χ1v) is 8.96. The van der Waals surface area contributed by atoms with E-state index in [0.717, 1.165) is 29.7 Å². The number of nitrogens with zero attached hydrogens (tertiary/aromatic N) is 1. The molecule has 0 aliphatic carbocycles. The fourth-order valence-electron chi connectivity index (χ4n) is 3.07. The highest BCUT2D eigenvalue weighted by atomic mass is 16.4. The summed E-state index contributed by atoms with van der Waals surface area (Å²) in [6.07, 6.45) is 1.78. The van der Waals surface area contributed by atoms with Crippen molar-refractivity contribution >= 4 is 17.8 Å². The SMILES string of the molecule is O=C(Cc1ccc(C(=O)O)cc1)NCc1ccc(CN2CCCC2=O)cc1. The van der Waals surface area contributed by atoms with E-state index in [-0.39, 0.29) is 23.8 Å². The number of carbonyl (C=O) groups is 3. The van der Waals surface area contributed by atoms with Crippen LogP contribution in [0.15, 0.2) is 48.5 Å². The molecule has 0 saturated carbocycles. The molecule has 2 aromatic carbocycles. The topological polar surface area (TPSA) is 86.7 Å². The molecule has 1 aliphatic rings. The molecule has 1 saturated heterocycles. The van der Waals surface area contributed by atoms with Crippen molar-refractivity contribution in [2.24, 2.45) is 0 Å². The molecule has 1 aliphatic heterocycles. The highest BCUT2D eigenvalue weighted by molar-refractivity contribution is 5.87. The van der Waals surface area contributed by atoms with E-state index >= 15 is 0 Å². The Morgan fingerprint density at radius 1 is 0.963 bits per heavy atom. The number of hydrogen-bond donors (Lipinski definition) is 2. The summed E-state index contributed by atoms with van der Waals surface area (Å²) in [7, 11) is 0. The largest absolute Gasteiger partial charge is 0.478 e. The molecule has 6 nitrogen and oxygen atoms in total. The minimum atomic E-state index is -0.983. The second-order valence-electron chi connectivity index (χ2n) is 6.69. The number of carboxylic acids is 1. The normalized spacial score (nSPS) is 13.6. The molecule has 2 aromatic rings. The molecule has 2 amide bonds. The molecule has 140 valence electrons. The molecular formula is C21H22N2O4. The van der Waals surface area contributed by atoms with Gasteiger partial charge in [-0.05, 0) is 35.2 Å². The molecule has 27 heavy (non-hydrogen) atoms. The van der Waals surface area contributed by atoms with Crippen molar-refractivity contribution in [1.29, 1.82) is 0 Å². The van der Waals surface area contributed by atoms with Crippen LogP contribution in [0, 0.1) is 0 Å². The molecule has 0 atom stereocenters. The fraction of sp³-hybridized carbons (Fsp3) is 0.286. The zero-order valence-electron chi connectivity index (χ0n) is 15.0. The highest BCUT2D eigenvalue weighted by Gasteiger charge is 2.19. The van der Waals surface area contributed by atoms with Crippen LogP contribution >= 0.6 is 0 Å². The van der Waals surface area contributed by atoms with Crippen molar-refractivity contribution in [2.75, 3.05) is 6.54 Å². The van der Waals surface area contributed by atoms with Gasteiger partial charge < -0.3 is 15.3 Å². The quantitative estimate of drug-likeness (QED) is 0.788. The molecule has 0 bridgehead atoms. The Hall–Kier alpha value is -3.15. The molecule has 6 heteroatoms. The second-order valence-corrected chi connectivity index (χ2v) is 6.69. The van der Waals surface area contributed by atoms with Gasteiger partial charge in [0.1, 0.15) is 0 Å².